The Morgan fingerprint density at radius 2 is 2.06 bits per heavy atom. The average Bonchev–Trinajstić information content (AvgIpc) is 2.25. The van der Waals surface area contributed by atoms with Crippen molar-refractivity contribution in [2.45, 2.75) is 13.1 Å². The van der Waals surface area contributed by atoms with Gasteiger partial charge in [-0.3, -0.25) is 4.79 Å². The Kier molecular flexibility index (Phi) is 4.15. The number of carboxylic acids is 1. The van der Waals surface area contributed by atoms with Crippen LogP contribution in [0, 0.1) is 11.7 Å². The number of anilines is 1. The van der Waals surface area contributed by atoms with Gasteiger partial charge in [-0.1, -0.05) is 6.92 Å². The highest BCUT2D eigenvalue weighted by molar-refractivity contribution is 5.70. The van der Waals surface area contributed by atoms with E-state index in [9.17, 15) is 22.4 Å². The van der Waals surface area contributed by atoms with E-state index in [4.69, 9.17) is 5.11 Å². The Balaban J connectivity index is 2.78. The standard InChI is InChI=1S/C11H11F4NO2/c1-6(10(17)18)5-16-9-3-2-7(4-8(9)12)11(13,14)15/h2-4,6,16H,5H2,1H3,(H,17,18). The minimum absolute atomic E-state index is 0.0718. The van der Waals surface area contributed by atoms with Gasteiger partial charge in [-0.25, -0.2) is 4.39 Å². The number of carboxylic acid groups (broad SMARTS) is 1. The van der Waals surface area contributed by atoms with Crippen LogP contribution < -0.4 is 5.32 Å². The van der Waals surface area contributed by atoms with Gasteiger partial charge >= 0.3 is 12.1 Å². The predicted octanol–water partition coefficient (Wildman–Crippen LogP) is 2.98. The van der Waals surface area contributed by atoms with Gasteiger partial charge in [0.2, 0.25) is 0 Å². The van der Waals surface area contributed by atoms with Gasteiger partial charge in [0, 0.05) is 6.54 Å². The van der Waals surface area contributed by atoms with E-state index in [2.05, 4.69) is 5.32 Å². The van der Waals surface area contributed by atoms with Crippen molar-refractivity contribution in [3.8, 4) is 0 Å². The lowest BCUT2D eigenvalue weighted by molar-refractivity contribution is -0.140. The first kappa shape index (κ1) is 14.3. The largest absolute Gasteiger partial charge is 0.481 e. The van der Waals surface area contributed by atoms with Crippen LogP contribution in [0.4, 0.5) is 23.2 Å². The molecule has 1 unspecified atom stereocenters. The molecule has 0 aliphatic carbocycles. The summed E-state index contributed by atoms with van der Waals surface area (Å²) in [6.45, 7) is 1.33. The molecular formula is C11H11F4NO2. The third-order valence-electron chi connectivity index (χ3n) is 2.32. The monoisotopic (exact) mass is 265 g/mol. The molecule has 1 aromatic rings. The van der Waals surface area contributed by atoms with Crippen molar-refractivity contribution in [3.05, 3.63) is 29.6 Å². The molecule has 0 heterocycles. The van der Waals surface area contributed by atoms with Crippen molar-refractivity contribution in [2.24, 2.45) is 5.92 Å². The van der Waals surface area contributed by atoms with E-state index < -0.39 is 29.4 Å². The molecule has 2 N–H and O–H groups in total. The van der Waals surface area contributed by atoms with E-state index in [1.54, 1.807) is 0 Å². The lowest BCUT2D eigenvalue weighted by Crippen LogP contribution is -2.20. The topological polar surface area (TPSA) is 49.3 Å². The van der Waals surface area contributed by atoms with Crippen LogP contribution in [0.15, 0.2) is 18.2 Å². The van der Waals surface area contributed by atoms with Crippen LogP contribution >= 0.6 is 0 Å². The maximum atomic E-state index is 13.3. The summed E-state index contributed by atoms with van der Waals surface area (Å²) in [5.41, 5.74) is -1.24. The molecule has 3 nitrogen and oxygen atoms in total. The molecule has 0 radical (unpaired) electrons. The summed E-state index contributed by atoms with van der Waals surface area (Å²) in [6.07, 6.45) is -4.60. The lowest BCUT2D eigenvalue weighted by atomic mass is 10.1. The number of nitrogens with one attached hydrogen (secondary N) is 1. The molecule has 0 aliphatic heterocycles. The maximum Gasteiger partial charge on any atom is 0.416 e. The highest BCUT2D eigenvalue weighted by Crippen LogP contribution is 2.31. The normalized spacial score (nSPS) is 13.2. The van der Waals surface area contributed by atoms with E-state index >= 15 is 0 Å². The van der Waals surface area contributed by atoms with Crippen LogP contribution in [0.25, 0.3) is 0 Å². The average molecular weight is 265 g/mol. The molecule has 0 bridgehead atoms. The predicted molar refractivity (Wildman–Crippen MR) is 56.7 cm³/mol. The first-order valence-corrected chi connectivity index (χ1v) is 5.05. The molecule has 0 fully saturated rings. The van der Waals surface area contributed by atoms with Crippen LogP contribution in [0.5, 0.6) is 0 Å². The van der Waals surface area contributed by atoms with Gasteiger partial charge in [0.1, 0.15) is 5.82 Å². The number of halogens is 4. The van der Waals surface area contributed by atoms with Crippen molar-refractivity contribution < 1.29 is 27.5 Å². The minimum atomic E-state index is -4.60. The molecule has 0 amide bonds. The first-order chi connectivity index (χ1) is 8.21. The molecule has 0 saturated carbocycles. The van der Waals surface area contributed by atoms with Crippen molar-refractivity contribution in [1.29, 1.82) is 0 Å². The molecule has 0 spiro atoms. The van der Waals surface area contributed by atoms with Gasteiger partial charge in [0.15, 0.2) is 0 Å². The zero-order chi connectivity index (χ0) is 13.9. The molecule has 0 aliphatic rings. The molecule has 18 heavy (non-hydrogen) atoms. The number of carbonyl (C=O) groups is 1. The Labute approximate surface area is 100 Å². The van der Waals surface area contributed by atoms with E-state index in [0.717, 1.165) is 12.1 Å². The fourth-order valence-corrected chi connectivity index (χ4v) is 1.19. The van der Waals surface area contributed by atoms with E-state index in [-0.39, 0.29) is 12.2 Å². The SMILES string of the molecule is CC(CNc1ccc(C(F)(F)F)cc1F)C(=O)O. The van der Waals surface area contributed by atoms with Crippen LogP contribution in [0.3, 0.4) is 0 Å². The molecule has 1 aromatic carbocycles. The number of rotatable bonds is 4. The van der Waals surface area contributed by atoms with Crippen LogP contribution in [-0.4, -0.2) is 17.6 Å². The number of hydrogen-bond donors (Lipinski definition) is 2. The fourth-order valence-electron chi connectivity index (χ4n) is 1.19. The fraction of sp³-hybridized carbons (Fsp3) is 0.364. The number of aliphatic carboxylic acids is 1. The second-order valence-corrected chi connectivity index (χ2v) is 3.81. The van der Waals surface area contributed by atoms with E-state index in [1.807, 2.05) is 0 Å². The van der Waals surface area contributed by atoms with E-state index in [1.165, 1.54) is 6.92 Å². The third-order valence-corrected chi connectivity index (χ3v) is 2.32. The van der Waals surface area contributed by atoms with Gasteiger partial charge in [-0.05, 0) is 18.2 Å². The zero-order valence-electron chi connectivity index (χ0n) is 9.38. The molecule has 0 aromatic heterocycles. The number of hydrogen-bond acceptors (Lipinski definition) is 2. The number of benzene rings is 1. The molecular weight excluding hydrogens is 254 g/mol. The lowest BCUT2D eigenvalue weighted by Gasteiger charge is -2.12. The van der Waals surface area contributed by atoms with Crippen molar-refractivity contribution in [1.82, 2.24) is 0 Å². The summed E-state index contributed by atoms with van der Waals surface area (Å²) < 4.78 is 50.1. The van der Waals surface area contributed by atoms with Crippen molar-refractivity contribution >= 4 is 11.7 Å². The molecule has 1 atom stereocenters. The molecule has 7 heteroatoms. The third kappa shape index (κ3) is 3.61. The first-order valence-electron chi connectivity index (χ1n) is 5.05. The maximum absolute atomic E-state index is 13.3. The van der Waals surface area contributed by atoms with Crippen LogP contribution in [0.2, 0.25) is 0 Å². The number of alkyl halides is 3. The van der Waals surface area contributed by atoms with E-state index in [0.29, 0.717) is 6.07 Å². The Morgan fingerprint density at radius 3 is 2.50 bits per heavy atom. The summed E-state index contributed by atoms with van der Waals surface area (Å²) in [5, 5.41) is 11.0. The molecule has 100 valence electrons. The summed E-state index contributed by atoms with van der Waals surface area (Å²) in [5.74, 6) is -2.91. The highest BCUT2D eigenvalue weighted by Gasteiger charge is 2.31. The Morgan fingerprint density at radius 1 is 1.44 bits per heavy atom. The highest BCUT2D eigenvalue weighted by atomic mass is 19.4. The Hall–Kier alpha value is -1.79. The smallest absolute Gasteiger partial charge is 0.416 e. The summed E-state index contributed by atoms with van der Waals surface area (Å²) in [7, 11) is 0. The molecule has 1 rings (SSSR count). The zero-order valence-corrected chi connectivity index (χ0v) is 9.38. The quantitative estimate of drug-likeness (QED) is 0.823. The second-order valence-electron chi connectivity index (χ2n) is 3.81. The summed E-state index contributed by atoms with van der Waals surface area (Å²) in [4.78, 5) is 10.5. The van der Waals surface area contributed by atoms with Gasteiger partial charge in [-0.15, -0.1) is 0 Å². The summed E-state index contributed by atoms with van der Waals surface area (Å²) >= 11 is 0. The Bertz CT molecular complexity index is 445. The molecule has 0 saturated heterocycles. The van der Waals surface area contributed by atoms with Gasteiger partial charge < -0.3 is 10.4 Å². The van der Waals surface area contributed by atoms with Crippen molar-refractivity contribution in [2.75, 3.05) is 11.9 Å². The van der Waals surface area contributed by atoms with Crippen LogP contribution in [-0.2, 0) is 11.0 Å². The summed E-state index contributed by atoms with van der Waals surface area (Å²) in [6, 6.07) is 2.04. The second kappa shape index (κ2) is 5.24. The van der Waals surface area contributed by atoms with Gasteiger partial charge in [0.05, 0.1) is 17.2 Å². The minimum Gasteiger partial charge on any atom is -0.481 e. The van der Waals surface area contributed by atoms with Gasteiger partial charge in [-0.2, -0.15) is 13.2 Å². The van der Waals surface area contributed by atoms with Gasteiger partial charge in [0.25, 0.3) is 0 Å². The van der Waals surface area contributed by atoms with Crippen LogP contribution in [0.1, 0.15) is 12.5 Å². The van der Waals surface area contributed by atoms with Crippen molar-refractivity contribution in [3.63, 3.8) is 0 Å².